The Morgan fingerprint density at radius 1 is 1.18 bits per heavy atom. The highest BCUT2D eigenvalue weighted by molar-refractivity contribution is 5.42. The van der Waals surface area contributed by atoms with E-state index >= 15 is 0 Å². The maximum absolute atomic E-state index is 9.16. The van der Waals surface area contributed by atoms with E-state index in [2.05, 4.69) is 6.07 Å². The molecule has 0 spiro atoms. The maximum atomic E-state index is 9.16. The SMILES string of the molecule is OC1=CCc2ccccc2[CH]1. The maximum Gasteiger partial charge on any atom is 0.0971 e. The van der Waals surface area contributed by atoms with E-state index in [0.29, 0.717) is 5.76 Å². The first-order valence-electron chi connectivity index (χ1n) is 3.68. The van der Waals surface area contributed by atoms with Crippen molar-refractivity contribution in [1.29, 1.82) is 0 Å². The van der Waals surface area contributed by atoms with Gasteiger partial charge in [-0.05, 0) is 23.6 Å². The van der Waals surface area contributed by atoms with E-state index in [1.165, 1.54) is 5.56 Å². The van der Waals surface area contributed by atoms with Gasteiger partial charge in [0.2, 0.25) is 0 Å². The number of aliphatic hydroxyl groups excluding tert-OH is 1. The zero-order chi connectivity index (χ0) is 7.68. The molecule has 0 saturated heterocycles. The van der Waals surface area contributed by atoms with E-state index in [9.17, 15) is 0 Å². The van der Waals surface area contributed by atoms with Gasteiger partial charge in [-0.2, -0.15) is 0 Å². The van der Waals surface area contributed by atoms with Crippen molar-refractivity contribution < 1.29 is 5.11 Å². The van der Waals surface area contributed by atoms with Gasteiger partial charge in [-0.3, -0.25) is 0 Å². The number of rotatable bonds is 0. The van der Waals surface area contributed by atoms with Gasteiger partial charge < -0.3 is 5.11 Å². The van der Waals surface area contributed by atoms with Gasteiger partial charge in [-0.1, -0.05) is 24.3 Å². The minimum atomic E-state index is 0.378. The Kier molecular flexibility index (Phi) is 1.42. The fourth-order valence-electron chi connectivity index (χ4n) is 1.29. The van der Waals surface area contributed by atoms with Gasteiger partial charge in [-0.25, -0.2) is 0 Å². The lowest BCUT2D eigenvalue weighted by Gasteiger charge is -2.11. The van der Waals surface area contributed by atoms with E-state index in [1.54, 1.807) is 6.42 Å². The molecular weight excluding hydrogens is 136 g/mol. The van der Waals surface area contributed by atoms with Crippen LogP contribution in [0.15, 0.2) is 36.1 Å². The quantitative estimate of drug-likeness (QED) is 0.593. The van der Waals surface area contributed by atoms with Crippen molar-refractivity contribution in [3.8, 4) is 0 Å². The van der Waals surface area contributed by atoms with Crippen molar-refractivity contribution in [1.82, 2.24) is 0 Å². The third-order valence-corrected chi connectivity index (χ3v) is 1.89. The van der Waals surface area contributed by atoms with Crippen LogP contribution in [0.4, 0.5) is 0 Å². The molecular formula is C10H9O. The van der Waals surface area contributed by atoms with Crippen molar-refractivity contribution in [3.05, 3.63) is 53.6 Å². The zero-order valence-corrected chi connectivity index (χ0v) is 6.12. The Hall–Kier alpha value is -1.24. The van der Waals surface area contributed by atoms with Crippen molar-refractivity contribution >= 4 is 0 Å². The normalized spacial score (nSPS) is 15.5. The van der Waals surface area contributed by atoms with Crippen LogP contribution in [-0.2, 0) is 6.42 Å². The van der Waals surface area contributed by atoms with Gasteiger partial charge in [0.25, 0.3) is 0 Å². The molecule has 0 unspecified atom stereocenters. The molecule has 1 heteroatoms. The van der Waals surface area contributed by atoms with E-state index in [4.69, 9.17) is 5.11 Å². The minimum Gasteiger partial charge on any atom is -0.512 e. The predicted molar refractivity (Wildman–Crippen MR) is 44.3 cm³/mol. The highest BCUT2D eigenvalue weighted by Crippen LogP contribution is 2.20. The zero-order valence-electron chi connectivity index (χ0n) is 6.12. The number of fused-ring (bicyclic) bond motifs is 1. The van der Waals surface area contributed by atoms with Crippen LogP contribution < -0.4 is 0 Å². The summed E-state index contributed by atoms with van der Waals surface area (Å²) in [4.78, 5) is 0. The molecule has 1 aromatic rings. The Morgan fingerprint density at radius 3 is 2.91 bits per heavy atom. The number of allylic oxidation sites excluding steroid dienone is 2. The van der Waals surface area contributed by atoms with Crippen LogP contribution in [0.3, 0.4) is 0 Å². The van der Waals surface area contributed by atoms with Crippen LogP contribution in [0.25, 0.3) is 0 Å². The average molecular weight is 145 g/mol. The van der Waals surface area contributed by atoms with E-state index in [-0.39, 0.29) is 0 Å². The molecule has 1 radical (unpaired) electrons. The fraction of sp³-hybridized carbons (Fsp3) is 0.100. The smallest absolute Gasteiger partial charge is 0.0971 e. The van der Waals surface area contributed by atoms with Crippen LogP contribution >= 0.6 is 0 Å². The van der Waals surface area contributed by atoms with Crippen molar-refractivity contribution in [2.45, 2.75) is 6.42 Å². The molecule has 0 bridgehead atoms. The Morgan fingerprint density at radius 2 is 2.00 bits per heavy atom. The Labute approximate surface area is 66.0 Å². The molecule has 0 fully saturated rings. The number of benzene rings is 1. The van der Waals surface area contributed by atoms with Gasteiger partial charge in [0.15, 0.2) is 0 Å². The standard InChI is InChI=1S/C10H9O/c11-10-6-5-8-3-1-2-4-9(8)7-10/h1-4,6-7,11H,5H2. The summed E-state index contributed by atoms with van der Waals surface area (Å²) in [5.41, 5.74) is 2.41. The van der Waals surface area contributed by atoms with Crippen molar-refractivity contribution in [2.24, 2.45) is 0 Å². The molecule has 0 aromatic heterocycles. The summed E-state index contributed by atoms with van der Waals surface area (Å²) >= 11 is 0. The second-order valence-electron chi connectivity index (χ2n) is 2.68. The molecule has 1 aliphatic rings. The lowest BCUT2D eigenvalue weighted by atomic mass is 9.96. The second-order valence-corrected chi connectivity index (χ2v) is 2.68. The van der Waals surface area contributed by atoms with Crippen LogP contribution in [0.5, 0.6) is 0 Å². The van der Waals surface area contributed by atoms with Crippen LogP contribution in [0.1, 0.15) is 11.1 Å². The molecule has 2 rings (SSSR count). The highest BCUT2D eigenvalue weighted by atomic mass is 16.3. The number of hydrogen-bond donors (Lipinski definition) is 1. The molecule has 0 aliphatic heterocycles. The van der Waals surface area contributed by atoms with E-state index in [0.717, 1.165) is 12.0 Å². The average Bonchev–Trinajstić information content (AvgIpc) is 2.04. The van der Waals surface area contributed by atoms with Crippen LogP contribution in [0.2, 0.25) is 0 Å². The first kappa shape index (κ1) is 6.47. The second kappa shape index (κ2) is 2.42. The summed E-state index contributed by atoms with van der Waals surface area (Å²) in [5, 5.41) is 9.16. The molecule has 0 saturated carbocycles. The number of hydrogen-bond acceptors (Lipinski definition) is 1. The molecule has 1 aliphatic carbocycles. The van der Waals surface area contributed by atoms with Gasteiger partial charge >= 0.3 is 0 Å². The molecule has 0 atom stereocenters. The lowest BCUT2D eigenvalue weighted by molar-refractivity contribution is 0.419. The van der Waals surface area contributed by atoms with Gasteiger partial charge in [-0.15, -0.1) is 0 Å². The summed E-state index contributed by atoms with van der Waals surface area (Å²) in [6.45, 7) is 0. The summed E-state index contributed by atoms with van der Waals surface area (Å²) < 4.78 is 0. The first-order valence-corrected chi connectivity index (χ1v) is 3.68. The third kappa shape index (κ3) is 1.14. The molecule has 1 N–H and O–H groups in total. The monoisotopic (exact) mass is 145 g/mol. The molecule has 11 heavy (non-hydrogen) atoms. The van der Waals surface area contributed by atoms with E-state index in [1.807, 2.05) is 24.3 Å². The van der Waals surface area contributed by atoms with Crippen LogP contribution in [0, 0.1) is 6.42 Å². The van der Waals surface area contributed by atoms with Crippen molar-refractivity contribution in [3.63, 3.8) is 0 Å². The van der Waals surface area contributed by atoms with Gasteiger partial charge in [0.1, 0.15) is 0 Å². The highest BCUT2D eigenvalue weighted by Gasteiger charge is 2.08. The van der Waals surface area contributed by atoms with Crippen LogP contribution in [-0.4, -0.2) is 5.11 Å². The lowest BCUT2D eigenvalue weighted by Crippen LogP contribution is -1.99. The van der Waals surface area contributed by atoms with Gasteiger partial charge in [0, 0.05) is 0 Å². The molecule has 0 heterocycles. The Bertz CT molecular complexity index is 299. The summed E-state index contributed by atoms with van der Waals surface area (Å²) in [7, 11) is 0. The molecule has 0 amide bonds. The largest absolute Gasteiger partial charge is 0.512 e. The summed E-state index contributed by atoms with van der Waals surface area (Å²) in [5.74, 6) is 0.378. The summed E-state index contributed by atoms with van der Waals surface area (Å²) in [6, 6.07) is 8.09. The first-order chi connectivity index (χ1) is 5.36. The van der Waals surface area contributed by atoms with E-state index < -0.39 is 0 Å². The number of aliphatic hydroxyl groups is 1. The molecule has 55 valence electrons. The third-order valence-electron chi connectivity index (χ3n) is 1.89. The molecule has 1 nitrogen and oxygen atoms in total. The molecule has 1 aromatic carbocycles. The minimum absolute atomic E-state index is 0.378. The summed E-state index contributed by atoms with van der Waals surface area (Å²) in [6.07, 6.45) is 4.46. The fourth-order valence-corrected chi connectivity index (χ4v) is 1.29. The van der Waals surface area contributed by atoms with Crippen molar-refractivity contribution in [2.75, 3.05) is 0 Å². The van der Waals surface area contributed by atoms with Gasteiger partial charge in [0.05, 0.1) is 12.2 Å². The Balaban J connectivity index is 2.42. The topological polar surface area (TPSA) is 20.2 Å². The predicted octanol–water partition coefficient (Wildman–Crippen LogP) is 2.24.